The van der Waals surface area contributed by atoms with E-state index in [-0.39, 0.29) is 0 Å². The summed E-state index contributed by atoms with van der Waals surface area (Å²) in [6.45, 7) is 2.19. The molecule has 0 saturated heterocycles. The van der Waals surface area contributed by atoms with E-state index in [2.05, 4.69) is 25.0 Å². The van der Waals surface area contributed by atoms with Crippen LogP contribution in [0.3, 0.4) is 0 Å². The summed E-state index contributed by atoms with van der Waals surface area (Å²) in [6, 6.07) is 9.45. The normalized spacial score (nSPS) is 11.4. The molecule has 0 amide bonds. The molecule has 0 aliphatic carbocycles. The van der Waals surface area contributed by atoms with Gasteiger partial charge in [0.15, 0.2) is 5.76 Å². The summed E-state index contributed by atoms with van der Waals surface area (Å²) >= 11 is 1.57. The summed E-state index contributed by atoms with van der Waals surface area (Å²) in [7, 11) is 1.61. The highest BCUT2D eigenvalue weighted by Gasteiger charge is 2.16. The van der Waals surface area contributed by atoms with E-state index in [0.717, 1.165) is 27.3 Å². The van der Waals surface area contributed by atoms with Gasteiger partial charge in [-0.2, -0.15) is 5.10 Å². The summed E-state index contributed by atoms with van der Waals surface area (Å²) in [5.41, 5.74) is 3.93. The first-order valence-electron chi connectivity index (χ1n) is 10.4. The van der Waals surface area contributed by atoms with Gasteiger partial charge >= 0.3 is 0 Å². The number of pyridine rings is 1. The highest BCUT2D eigenvalue weighted by molar-refractivity contribution is 7.13. The van der Waals surface area contributed by atoms with Gasteiger partial charge in [0.05, 0.1) is 36.3 Å². The first-order valence-corrected chi connectivity index (χ1v) is 11.3. The highest BCUT2D eigenvalue weighted by atomic mass is 32.1. The van der Waals surface area contributed by atoms with Crippen LogP contribution in [0, 0.1) is 6.92 Å². The molecule has 0 saturated carbocycles. The number of hydrogen-bond acceptors (Lipinski definition) is 9. The van der Waals surface area contributed by atoms with Crippen LogP contribution in [0.5, 0.6) is 11.5 Å². The Bertz CT molecular complexity index is 1620. The molecule has 0 unspecified atom stereocenters. The topological polar surface area (TPSA) is 100 Å². The lowest BCUT2D eigenvalue weighted by atomic mass is 10.2. The van der Waals surface area contributed by atoms with Crippen LogP contribution in [0.2, 0.25) is 0 Å². The predicted molar refractivity (Wildman–Crippen MR) is 127 cm³/mol. The van der Waals surface area contributed by atoms with Crippen molar-refractivity contribution in [3.8, 4) is 33.5 Å². The van der Waals surface area contributed by atoms with Crippen molar-refractivity contribution < 1.29 is 13.9 Å². The van der Waals surface area contributed by atoms with E-state index in [1.54, 1.807) is 47.7 Å². The number of hydrogen-bond donors (Lipinski definition) is 0. The van der Waals surface area contributed by atoms with E-state index in [0.29, 0.717) is 40.9 Å². The smallest absolute Gasteiger partial charge is 0.251 e. The number of rotatable bonds is 6. The number of aromatic nitrogens is 6. The number of methoxy groups -OCH3 is 1. The molecule has 168 valence electrons. The van der Waals surface area contributed by atoms with Gasteiger partial charge in [0, 0.05) is 35.5 Å². The average Bonchev–Trinajstić information content (AvgIpc) is 3.60. The molecule has 0 radical (unpaired) electrons. The van der Waals surface area contributed by atoms with Gasteiger partial charge in [-0.3, -0.25) is 4.98 Å². The Morgan fingerprint density at radius 1 is 1.12 bits per heavy atom. The summed E-state index contributed by atoms with van der Waals surface area (Å²) in [5.74, 6) is 2.36. The van der Waals surface area contributed by atoms with Crippen LogP contribution in [0.15, 0.2) is 64.9 Å². The van der Waals surface area contributed by atoms with Crippen molar-refractivity contribution in [3.63, 3.8) is 0 Å². The molecular weight excluding hydrogens is 452 g/mol. The molecule has 0 atom stereocenters. The molecule has 0 bridgehead atoms. The van der Waals surface area contributed by atoms with Gasteiger partial charge in [-0.1, -0.05) is 0 Å². The second kappa shape index (κ2) is 8.23. The van der Waals surface area contributed by atoms with Crippen molar-refractivity contribution in [1.82, 2.24) is 29.5 Å². The number of aryl methyl sites for hydroxylation is 1. The van der Waals surface area contributed by atoms with Gasteiger partial charge in [0.2, 0.25) is 0 Å². The van der Waals surface area contributed by atoms with Crippen LogP contribution in [0.1, 0.15) is 11.4 Å². The minimum absolute atomic E-state index is 0.311. The fourth-order valence-electron chi connectivity index (χ4n) is 3.59. The summed E-state index contributed by atoms with van der Waals surface area (Å²) in [5, 5.41) is 8.13. The zero-order valence-electron chi connectivity index (χ0n) is 18.3. The highest BCUT2D eigenvalue weighted by Crippen LogP contribution is 2.37. The van der Waals surface area contributed by atoms with Gasteiger partial charge in [-0.05, 0) is 25.1 Å². The number of fused-ring (bicyclic) bond motifs is 2. The molecule has 1 aromatic carbocycles. The van der Waals surface area contributed by atoms with Gasteiger partial charge in [-0.25, -0.2) is 19.5 Å². The number of furan rings is 1. The minimum atomic E-state index is 0.311. The molecule has 9 nitrogen and oxygen atoms in total. The van der Waals surface area contributed by atoms with E-state index in [4.69, 9.17) is 13.9 Å². The third-order valence-corrected chi connectivity index (χ3v) is 6.16. The molecule has 5 heterocycles. The lowest BCUT2D eigenvalue weighted by Crippen LogP contribution is -1.97. The molecular formula is C24H18N6O3S. The van der Waals surface area contributed by atoms with Crippen LogP contribution < -0.4 is 9.47 Å². The maximum Gasteiger partial charge on any atom is 0.251 e. The SMILES string of the molecule is COc1cc(OCc2csc(-c3ccncc3)n2)c2cc(-c3cn4nc(C)cnc4n3)oc2c1. The fourth-order valence-corrected chi connectivity index (χ4v) is 4.40. The van der Waals surface area contributed by atoms with E-state index < -0.39 is 0 Å². The van der Waals surface area contributed by atoms with E-state index in [1.807, 2.05) is 42.6 Å². The number of benzene rings is 1. The molecule has 0 spiro atoms. The van der Waals surface area contributed by atoms with Crippen LogP contribution in [-0.2, 0) is 6.61 Å². The number of imidazole rings is 1. The van der Waals surface area contributed by atoms with Crippen LogP contribution in [0.4, 0.5) is 0 Å². The maximum absolute atomic E-state index is 6.16. The average molecular weight is 471 g/mol. The van der Waals surface area contributed by atoms with Crippen molar-refractivity contribution in [2.24, 2.45) is 0 Å². The van der Waals surface area contributed by atoms with E-state index in [1.165, 1.54) is 0 Å². The molecule has 5 aromatic heterocycles. The molecule has 0 aliphatic rings. The Kier molecular flexibility index (Phi) is 4.92. The van der Waals surface area contributed by atoms with Gasteiger partial charge in [0.1, 0.15) is 34.4 Å². The van der Waals surface area contributed by atoms with Gasteiger partial charge < -0.3 is 13.9 Å². The van der Waals surface area contributed by atoms with E-state index >= 15 is 0 Å². The molecule has 0 fully saturated rings. The Morgan fingerprint density at radius 2 is 2.00 bits per heavy atom. The maximum atomic E-state index is 6.16. The largest absolute Gasteiger partial charge is 0.496 e. The summed E-state index contributed by atoms with van der Waals surface area (Å²) in [6.07, 6.45) is 6.99. The number of ether oxygens (including phenoxy) is 2. The summed E-state index contributed by atoms with van der Waals surface area (Å²) < 4.78 is 19.4. The van der Waals surface area contributed by atoms with Crippen molar-refractivity contribution in [3.05, 3.63) is 71.9 Å². The quantitative estimate of drug-likeness (QED) is 0.337. The summed E-state index contributed by atoms with van der Waals surface area (Å²) in [4.78, 5) is 17.6. The van der Waals surface area contributed by atoms with Crippen molar-refractivity contribution in [2.75, 3.05) is 7.11 Å². The monoisotopic (exact) mass is 470 g/mol. The van der Waals surface area contributed by atoms with Crippen LogP contribution >= 0.6 is 11.3 Å². The first-order chi connectivity index (χ1) is 16.7. The number of nitrogens with zero attached hydrogens (tertiary/aromatic N) is 6. The molecule has 6 rings (SSSR count). The van der Waals surface area contributed by atoms with Crippen molar-refractivity contribution in [2.45, 2.75) is 13.5 Å². The Morgan fingerprint density at radius 3 is 2.85 bits per heavy atom. The lowest BCUT2D eigenvalue weighted by Gasteiger charge is -2.07. The van der Waals surface area contributed by atoms with Crippen molar-refractivity contribution in [1.29, 1.82) is 0 Å². The second-order valence-corrected chi connectivity index (χ2v) is 8.44. The Hall–Kier alpha value is -4.31. The van der Waals surface area contributed by atoms with Gasteiger partial charge in [-0.15, -0.1) is 11.3 Å². The van der Waals surface area contributed by atoms with E-state index in [9.17, 15) is 0 Å². The minimum Gasteiger partial charge on any atom is -0.496 e. The standard InChI is InChI=1S/C24H18N6O3S/c1-14-10-26-24-28-19(11-30(24)29-14)22-9-18-20(7-17(31-2)8-21(18)33-22)32-12-16-13-34-23(27-16)15-3-5-25-6-4-15/h3-11,13H,12H2,1-2H3. The zero-order chi connectivity index (χ0) is 23.1. The molecule has 34 heavy (non-hydrogen) atoms. The Balaban J connectivity index is 1.32. The molecule has 0 N–H and O–H groups in total. The fraction of sp³-hybridized carbons (Fsp3) is 0.125. The third kappa shape index (κ3) is 3.73. The predicted octanol–water partition coefficient (Wildman–Crippen LogP) is 4.95. The van der Waals surface area contributed by atoms with Crippen LogP contribution in [-0.4, -0.2) is 36.7 Å². The zero-order valence-corrected chi connectivity index (χ0v) is 19.1. The molecule has 6 aromatic rings. The van der Waals surface area contributed by atoms with Crippen molar-refractivity contribution >= 4 is 28.1 Å². The molecule has 10 heteroatoms. The van der Waals surface area contributed by atoms with Gasteiger partial charge in [0.25, 0.3) is 5.78 Å². The third-order valence-electron chi connectivity index (χ3n) is 5.22. The van der Waals surface area contributed by atoms with Crippen LogP contribution in [0.25, 0.3) is 38.8 Å². The second-order valence-electron chi connectivity index (χ2n) is 7.59. The Labute approximate surface area is 197 Å². The molecule has 0 aliphatic heterocycles. The first kappa shape index (κ1) is 20.3. The number of thiazole rings is 1. The lowest BCUT2D eigenvalue weighted by molar-refractivity contribution is 0.303.